The van der Waals surface area contributed by atoms with Gasteiger partial charge in [-0.05, 0) is 38.8 Å². The van der Waals surface area contributed by atoms with E-state index >= 15 is 0 Å². The summed E-state index contributed by atoms with van der Waals surface area (Å²) >= 11 is 0. The first-order valence-electron chi connectivity index (χ1n) is 11.5. The molecular formula is C24H33N5O2. The molecule has 0 spiro atoms. The van der Waals surface area contributed by atoms with Crippen LogP contribution in [0.1, 0.15) is 61.5 Å². The van der Waals surface area contributed by atoms with Crippen LogP contribution >= 0.6 is 0 Å². The van der Waals surface area contributed by atoms with E-state index in [4.69, 9.17) is 5.10 Å². The third kappa shape index (κ3) is 4.82. The molecule has 2 aromatic rings. The van der Waals surface area contributed by atoms with Crippen molar-refractivity contribution in [3.63, 3.8) is 0 Å². The molecule has 4 rings (SSSR count). The Kier molecular flexibility index (Phi) is 6.70. The number of hydrogen-bond donors (Lipinski definition) is 2. The van der Waals surface area contributed by atoms with Crippen molar-refractivity contribution in [2.24, 2.45) is 0 Å². The van der Waals surface area contributed by atoms with Gasteiger partial charge in [-0.15, -0.1) is 0 Å². The van der Waals surface area contributed by atoms with Crippen LogP contribution in [0.3, 0.4) is 0 Å². The number of aromatic nitrogens is 2. The second-order valence-electron chi connectivity index (χ2n) is 8.75. The number of benzene rings is 1. The van der Waals surface area contributed by atoms with E-state index in [2.05, 4.69) is 10.6 Å². The Morgan fingerprint density at radius 2 is 1.84 bits per heavy atom. The molecule has 0 bridgehead atoms. The number of nitrogens with one attached hydrogen (secondary N) is 2. The highest BCUT2D eigenvalue weighted by atomic mass is 16.2. The van der Waals surface area contributed by atoms with Gasteiger partial charge in [-0.3, -0.25) is 14.5 Å². The van der Waals surface area contributed by atoms with E-state index in [1.165, 1.54) is 25.7 Å². The van der Waals surface area contributed by atoms with Gasteiger partial charge in [0.1, 0.15) is 6.04 Å². The van der Waals surface area contributed by atoms with Gasteiger partial charge in [0.2, 0.25) is 11.8 Å². The molecule has 1 aromatic carbocycles. The minimum absolute atomic E-state index is 0.0114. The van der Waals surface area contributed by atoms with Gasteiger partial charge in [0, 0.05) is 30.4 Å². The van der Waals surface area contributed by atoms with Gasteiger partial charge < -0.3 is 10.6 Å². The fourth-order valence-corrected chi connectivity index (χ4v) is 4.95. The zero-order chi connectivity index (χ0) is 21.8. The Hall–Kier alpha value is -2.67. The molecule has 7 nitrogen and oxygen atoms in total. The number of para-hydroxylation sites is 1. The average molecular weight is 424 g/mol. The van der Waals surface area contributed by atoms with Crippen molar-refractivity contribution in [3.8, 4) is 5.69 Å². The Morgan fingerprint density at radius 3 is 2.55 bits per heavy atom. The van der Waals surface area contributed by atoms with Crippen LogP contribution in [-0.4, -0.2) is 52.2 Å². The summed E-state index contributed by atoms with van der Waals surface area (Å²) in [6, 6.07) is 9.68. The fraction of sp³-hybridized carbons (Fsp3) is 0.542. The van der Waals surface area contributed by atoms with Gasteiger partial charge in [-0.25, -0.2) is 4.68 Å². The van der Waals surface area contributed by atoms with Crippen LogP contribution in [0.2, 0.25) is 0 Å². The molecule has 1 atom stereocenters. The third-order valence-electron chi connectivity index (χ3n) is 6.50. The van der Waals surface area contributed by atoms with Crippen LogP contribution in [0.15, 0.2) is 30.3 Å². The highest BCUT2D eigenvalue weighted by Crippen LogP contribution is 2.30. The van der Waals surface area contributed by atoms with Crippen LogP contribution < -0.4 is 10.6 Å². The molecule has 2 aliphatic rings. The molecule has 2 amide bonds. The van der Waals surface area contributed by atoms with Crippen molar-refractivity contribution < 1.29 is 9.59 Å². The SMILES string of the molecule is Cc1nn(-c2ccccc2)c(C)c1C1C(=O)NCCN1CC(=O)NC1CCCCCC1. The summed E-state index contributed by atoms with van der Waals surface area (Å²) < 4.78 is 1.89. The maximum absolute atomic E-state index is 13.0. The highest BCUT2D eigenvalue weighted by Gasteiger charge is 2.36. The van der Waals surface area contributed by atoms with Gasteiger partial charge in [0.05, 0.1) is 17.9 Å². The molecule has 1 saturated carbocycles. The molecular weight excluding hydrogens is 390 g/mol. The van der Waals surface area contributed by atoms with E-state index in [-0.39, 0.29) is 24.4 Å². The van der Waals surface area contributed by atoms with Gasteiger partial charge in [-0.1, -0.05) is 43.9 Å². The Balaban J connectivity index is 1.55. The normalized spacial score (nSPS) is 20.8. The van der Waals surface area contributed by atoms with Crippen LogP contribution in [-0.2, 0) is 9.59 Å². The second-order valence-corrected chi connectivity index (χ2v) is 8.75. The highest BCUT2D eigenvalue weighted by molar-refractivity contribution is 5.86. The molecule has 2 fully saturated rings. The van der Waals surface area contributed by atoms with Gasteiger partial charge in [-0.2, -0.15) is 5.10 Å². The number of carbonyl (C=O) groups is 2. The van der Waals surface area contributed by atoms with E-state index in [1.807, 2.05) is 53.8 Å². The summed E-state index contributed by atoms with van der Waals surface area (Å²) in [6.45, 7) is 5.35. The summed E-state index contributed by atoms with van der Waals surface area (Å²) in [5.74, 6) is -0.0512. The number of amides is 2. The maximum atomic E-state index is 13.0. The van der Waals surface area contributed by atoms with Crippen molar-refractivity contribution >= 4 is 11.8 Å². The molecule has 2 N–H and O–H groups in total. The molecule has 1 aliphatic carbocycles. The lowest BCUT2D eigenvalue weighted by atomic mass is 10.00. The summed E-state index contributed by atoms with van der Waals surface area (Å²) in [5, 5.41) is 10.9. The minimum Gasteiger partial charge on any atom is -0.353 e. The number of rotatable bonds is 5. The van der Waals surface area contributed by atoms with Crippen molar-refractivity contribution in [2.75, 3.05) is 19.6 Å². The quantitative estimate of drug-likeness (QED) is 0.725. The van der Waals surface area contributed by atoms with Crippen LogP contribution in [0.4, 0.5) is 0 Å². The molecule has 31 heavy (non-hydrogen) atoms. The largest absolute Gasteiger partial charge is 0.353 e. The Labute approximate surface area is 184 Å². The molecule has 1 unspecified atom stereocenters. The van der Waals surface area contributed by atoms with E-state index < -0.39 is 6.04 Å². The molecule has 166 valence electrons. The first kappa shape index (κ1) is 21.6. The van der Waals surface area contributed by atoms with Crippen LogP contribution in [0.25, 0.3) is 5.69 Å². The molecule has 0 radical (unpaired) electrons. The summed E-state index contributed by atoms with van der Waals surface area (Å²) in [6.07, 6.45) is 6.97. The summed E-state index contributed by atoms with van der Waals surface area (Å²) in [5.41, 5.74) is 3.60. The second kappa shape index (κ2) is 9.64. The van der Waals surface area contributed by atoms with E-state index in [0.29, 0.717) is 13.1 Å². The molecule has 2 heterocycles. The van der Waals surface area contributed by atoms with Crippen molar-refractivity contribution in [1.82, 2.24) is 25.3 Å². The monoisotopic (exact) mass is 423 g/mol. The van der Waals surface area contributed by atoms with Crippen LogP contribution in [0, 0.1) is 13.8 Å². The fourth-order valence-electron chi connectivity index (χ4n) is 4.95. The first-order valence-corrected chi connectivity index (χ1v) is 11.5. The first-order chi connectivity index (χ1) is 15.0. The minimum atomic E-state index is -0.508. The van der Waals surface area contributed by atoms with Gasteiger partial charge in [0.25, 0.3) is 0 Å². The predicted molar refractivity (Wildman–Crippen MR) is 120 cm³/mol. The predicted octanol–water partition coefficient (Wildman–Crippen LogP) is 2.80. The number of aryl methyl sites for hydroxylation is 1. The lowest BCUT2D eigenvalue weighted by molar-refractivity contribution is -0.132. The standard InChI is InChI=1S/C24H33N5O2/c1-17-22(18(2)29(27-17)20-12-8-5-9-13-20)23-24(31)25-14-15-28(23)16-21(30)26-19-10-6-3-4-7-11-19/h5,8-9,12-13,19,23H,3-4,6-7,10-11,14-16H2,1-2H3,(H,25,31)(H,26,30). The number of carbonyl (C=O) groups excluding carboxylic acids is 2. The molecule has 7 heteroatoms. The van der Waals surface area contributed by atoms with Crippen molar-refractivity contribution in [1.29, 1.82) is 0 Å². The lowest BCUT2D eigenvalue weighted by Gasteiger charge is -2.35. The van der Waals surface area contributed by atoms with E-state index in [0.717, 1.165) is 35.5 Å². The molecule has 1 saturated heterocycles. The smallest absolute Gasteiger partial charge is 0.242 e. The average Bonchev–Trinajstić information content (AvgIpc) is 2.92. The summed E-state index contributed by atoms with van der Waals surface area (Å²) in [4.78, 5) is 27.8. The maximum Gasteiger partial charge on any atom is 0.242 e. The van der Waals surface area contributed by atoms with Gasteiger partial charge in [0.15, 0.2) is 0 Å². The molecule has 1 aromatic heterocycles. The third-order valence-corrected chi connectivity index (χ3v) is 6.50. The zero-order valence-corrected chi connectivity index (χ0v) is 18.6. The summed E-state index contributed by atoms with van der Waals surface area (Å²) in [7, 11) is 0. The molecule has 1 aliphatic heterocycles. The van der Waals surface area contributed by atoms with Crippen molar-refractivity contribution in [2.45, 2.75) is 64.5 Å². The van der Waals surface area contributed by atoms with Crippen LogP contribution in [0.5, 0.6) is 0 Å². The zero-order valence-electron chi connectivity index (χ0n) is 18.6. The number of hydrogen-bond acceptors (Lipinski definition) is 4. The van der Waals surface area contributed by atoms with Gasteiger partial charge >= 0.3 is 0 Å². The number of nitrogens with zero attached hydrogens (tertiary/aromatic N) is 3. The Morgan fingerprint density at radius 1 is 1.13 bits per heavy atom. The lowest BCUT2D eigenvalue weighted by Crippen LogP contribution is -2.53. The number of piperazine rings is 1. The van der Waals surface area contributed by atoms with E-state index in [1.54, 1.807) is 0 Å². The van der Waals surface area contributed by atoms with Crippen molar-refractivity contribution in [3.05, 3.63) is 47.3 Å². The topological polar surface area (TPSA) is 79.3 Å². The Bertz CT molecular complexity index is 916. The van der Waals surface area contributed by atoms with E-state index in [9.17, 15) is 9.59 Å².